The zero-order valence-electron chi connectivity index (χ0n) is 27.8. The lowest BCUT2D eigenvalue weighted by Gasteiger charge is -2.30. The first kappa shape index (κ1) is 40.9. The van der Waals surface area contributed by atoms with Crippen LogP contribution in [0.5, 0.6) is 5.75 Å². The maximum absolute atomic E-state index is 12.9. The molecule has 3 aromatic rings. The number of ether oxygens (including phenoxy) is 2. The van der Waals surface area contributed by atoms with Gasteiger partial charge in [-0.25, -0.2) is 0 Å². The molecule has 2 aromatic carbocycles. The minimum absolute atomic E-state index is 0. The van der Waals surface area contributed by atoms with Crippen LogP contribution < -0.4 is 4.74 Å². The van der Waals surface area contributed by atoms with Crippen molar-refractivity contribution in [3.63, 3.8) is 0 Å². The number of carbonyl (C=O) groups is 1. The van der Waals surface area contributed by atoms with E-state index in [1.165, 1.54) is 4.90 Å². The molecule has 0 bridgehead atoms. The van der Waals surface area contributed by atoms with Crippen molar-refractivity contribution in [2.45, 2.75) is 102 Å². The Labute approximate surface area is 309 Å². The number of carbonyl (C=O) groups excluding carboxylic acids is 1. The molecule has 0 unspecified atom stereocenters. The monoisotopic (exact) mass is 748 g/mol. The van der Waals surface area contributed by atoms with Gasteiger partial charge in [0.15, 0.2) is 0 Å². The summed E-state index contributed by atoms with van der Waals surface area (Å²) in [5, 5.41) is 59.3. The number of rotatable bonds is 20. The normalized spacial score (nSPS) is 17.2. The zero-order chi connectivity index (χ0) is 35.8. The number of hydrogen-bond donors (Lipinski definition) is 6. The second-order valence-corrected chi connectivity index (χ2v) is 13.9. The number of unbranched alkanes of at least 4 members (excludes halogenated alkanes) is 1. The van der Waals surface area contributed by atoms with Crippen LogP contribution in [0.1, 0.15) is 69.1 Å². The van der Waals surface area contributed by atoms with Gasteiger partial charge >= 0.3 is 0 Å². The molecule has 5 rings (SSSR count). The molecule has 1 amide bonds. The Morgan fingerprint density at radius 2 is 1.63 bits per heavy atom. The van der Waals surface area contributed by atoms with Gasteiger partial charge in [-0.05, 0) is 85.9 Å². The smallest absolute Gasteiger partial charge is 0.222 e. The number of hydrogen-bond acceptors (Lipinski definition) is 10. The molecule has 2 fully saturated rings. The molecule has 0 aliphatic heterocycles. The molecule has 2 aliphatic rings. The van der Waals surface area contributed by atoms with E-state index in [-0.39, 0.29) is 52.2 Å². The highest BCUT2D eigenvalue weighted by Gasteiger charge is 2.48. The summed E-state index contributed by atoms with van der Waals surface area (Å²) in [6, 6.07) is 13.7. The first-order valence-corrected chi connectivity index (χ1v) is 17.9. The number of amides is 1. The minimum atomic E-state index is -1.81. The van der Waals surface area contributed by atoms with Gasteiger partial charge < -0.3 is 45.0 Å². The Kier molecular flexibility index (Phi) is 15.1. The molecular weight excluding hydrogens is 699 g/mol. The molecule has 280 valence electrons. The Morgan fingerprint density at radius 3 is 2.31 bits per heavy atom. The lowest BCUT2D eigenvalue weighted by molar-refractivity contribution is -0.140. The molecule has 6 N–H and O–H groups in total. The number of nitrogens with zero attached hydrogens (tertiary/aromatic N) is 2. The zero-order valence-corrected chi connectivity index (χ0v) is 29.3. The Hall–Kier alpha value is -2.84. The molecule has 0 radical (unpaired) electrons. The molecule has 13 heteroatoms. The van der Waals surface area contributed by atoms with Crippen LogP contribution in [0.4, 0.5) is 0 Å². The van der Waals surface area contributed by atoms with E-state index in [1.807, 2.05) is 42.6 Å². The van der Waals surface area contributed by atoms with Gasteiger partial charge in [-0.1, -0.05) is 48.8 Å². The maximum Gasteiger partial charge on any atom is 0.222 e. The molecular formula is C38H50Cl2N2O9. The molecule has 2 aliphatic carbocycles. The van der Waals surface area contributed by atoms with Gasteiger partial charge in [-0.2, -0.15) is 0 Å². The second kappa shape index (κ2) is 18.8. The fourth-order valence-corrected chi connectivity index (χ4v) is 6.51. The third-order valence-corrected chi connectivity index (χ3v) is 9.98. The predicted molar refractivity (Wildman–Crippen MR) is 195 cm³/mol. The van der Waals surface area contributed by atoms with Crippen molar-refractivity contribution in [3.8, 4) is 16.9 Å². The van der Waals surface area contributed by atoms with Crippen LogP contribution in [0.2, 0.25) is 10.0 Å². The molecule has 51 heavy (non-hydrogen) atoms. The summed E-state index contributed by atoms with van der Waals surface area (Å²) in [5.41, 5.74) is 4.18. The summed E-state index contributed by atoms with van der Waals surface area (Å²) < 4.78 is 12.8. The number of benzene rings is 2. The van der Waals surface area contributed by atoms with E-state index < -0.39 is 36.6 Å². The third kappa shape index (κ3) is 10.6. The third-order valence-electron chi connectivity index (χ3n) is 9.27. The summed E-state index contributed by atoms with van der Waals surface area (Å²) in [6.07, 6.45) is 2.68. The van der Waals surface area contributed by atoms with Crippen LogP contribution in [-0.2, 0) is 28.2 Å². The lowest BCUT2D eigenvalue weighted by Crippen LogP contribution is -2.51. The van der Waals surface area contributed by atoms with E-state index in [9.17, 15) is 30.3 Å². The first-order valence-electron chi connectivity index (χ1n) is 17.1. The van der Waals surface area contributed by atoms with Gasteiger partial charge in [0.25, 0.3) is 0 Å². The number of halogens is 2. The Balaban J connectivity index is 0.00000583. The van der Waals surface area contributed by atoms with Crippen molar-refractivity contribution in [1.82, 2.24) is 9.88 Å². The van der Waals surface area contributed by atoms with E-state index in [2.05, 4.69) is 11.1 Å². The number of aryl methyl sites for hydroxylation is 1. The lowest BCUT2D eigenvalue weighted by atomic mass is 9.96. The van der Waals surface area contributed by atoms with Gasteiger partial charge in [0.1, 0.15) is 30.2 Å². The average Bonchev–Trinajstić information content (AvgIpc) is 4.07. The van der Waals surface area contributed by atoms with Gasteiger partial charge in [0.05, 0.1) is 31.5 Å². The van der Waals surface area contributed by atoms with Gasteiger partial charge in [-0.3, -0.25) is 9.78 Å². The molecule has 0 spiro atoms. The molecule has 2 saturated carbocycles. The fourth-order valence-electron chi connectivity index (χ4n) is 5.99. The van der Waals surface area contributed by atoms with Crippen molar-refractivity contribution in [2.75, 3.05) is 26.3 Å². The highest BCUT2D eigenvalue weighted by atomic mass is 35.5. The van der Waals surface area contributed by atoms with Gasteiger partial charge in [-0.15, -0.1) is 0 Å². The van der Waals surface area contributed by atoms with Crippen LogP contribution in [0.25, 0.3) is 11.1 Å². The highest BCUT2D eigenvalue weighted by Crippen LogP contribution is 2.53. The van der Waals surface area contributed by atoms with E-state index >= 15 is 0 Å². The Morgan fingerprint density at radius 1 is 0.941 bits per heavy atom. The molecule has 4 atom stereocenters. The maximum atomic E-state index is 12.9. The van der Waals surface area contributed by atoms with Crippen molar-refractivity contribution in [2.24, 2.45) is 0 Å². The minimum Gasteiger partial charge on any atom is -0.490 e. The van der Waals surface area contributed by atoms with Crippen molar-refractivity contribution < 1.29 is 44.9 Å². The summed E-state index contributed by atoms with van der Waals surface area (Å²) in [5.74, 6) is 0.505. The largest absolute Gasteiger partial charge is 0.490 e. The fraction of sp³-hybridized carbons (Fsp3) is 0.526. The SMILES string of the molecule is C.O=C(CCCCc1cc(Cl)c(COC2(c3cnccc3-c3ccccc3OC3CC3)CC2)cc1Cl)N(CCO)C[C@H](O)[C@@H](O)[C@H](O)[C@H](O)CO. The quantitative estimate of drug-likeness (QED) is 0.0910. The van der Waals surface area contributed by atoms with Crippen LogP contribution in [0.3, 0.4) is 0 Å². The number of aromatic nitrogens is 1. The van der Waals surface area contributed by atoms with Crippen molar-refractivity contribution >= 4 is 29.1 Å². The molecule has 0 saturated heterocycles. The van der Waals surface area contributed by atoms with Crippen LogP contribution in [0.15, 0.2) is 54.9 Å². The van der Waals surface area contributed by atoms with E-state index in [1.54, 1.807) is 6.20 Å². The van der Waals surface area contributed by atoms with Crippen LogP contribution in [0, 0.1) is 0 Å². The van der Waals surface area contributed by atoms with Crippen molar-refractivity contribution in [3.05, 3.63) is 81.6 Å². The van der Waals surface area contributed by atoms with E-state index in [0.29, 0.717) is 29.3 Å². The standard InChI is InChI=1S/C37H46Cl2N2O9.CH4/c38-29-18-24(22-49-37(12-13-37)28-19-40-14-11-26(28)27-6-2-3-7-33(27)50-25-9-10-25)30(39)17-23(29)5-1-4-8-34(46)41(15-16-42)20-31(44)35(47)36(48)32(45)21-43;/h2-3,6-7,11,14,17-19,25,31-32,35-36,42-45,47-48H,1,4-5,8-10,12-13,15-16,20-22H2;1H4/t31-,32+,35+,36+;/m0./s1. The summed E-state index contributed by atoms with van der Waals surface area (Å²) in [7, 11) is 0. The molecule has 1 heterocycles. The highest BCUT2D eigenvalue weighted by molar-refractivity contribution is 6.34. The van der Waals surface area contributed by atoms with Crippen LogP contribution in [-0.4, -0.2) is 103 Å². The van der Waals surface area contributed by atoms with Gasteiger partial charge in [0, 0.05) is 53.1 Å². The first-order chi connectivity index (χ1) is 24.1. The topological polar surface area (TPSA) is 173 Å². The number of aliphatic hydroxyl groups excluding tert-OH is 6. The Bertz CT molecular complexity index is 1590. The number of aliphatic hydroxyl groups is 6. The number of pyridine rings is 1. The molecule has 1 aromatic heterocycles. The second-order valence-electron chi connectivity index (χ2n) is 13.1. The predicted octanol–water partition coefficient (Wildman–Crippen LogP) is 4.41. The van der Waals surface area contributed by atoms with Crippen molar-refractivity contribution in [1.29, 1.82) is 0 Å². The summed E-state index contributed by atoms with van der Waals surface area (Å²) in [4.78, 5) is 18.5. The van der Waals surface area contributed by atoms with E-state index in [4.69, 9.17) is 37.8 Å². The summed E-state index contributed by atoms with van der Waals surface area (Å²) >= 11 is 13.4. The summed E-state index contributed by atoms with van der Waals surface area (Å²) in [6.45, 7) is -1.37. The average molecular weight is 750 g/mol. The van der Waals surface area contributed by atoms with E-state index in [0.717, 1.165) is 59.3 Å². The van der Waals surface area contributed by atoms with Gasteiger partial charge in [0.2, 0.25) is 5.91 Å². The van der Waals surface area contributed by atoms with Crippen LogP contribution >= 0.6 is 23.2 Å². The number of para-hydroxylation sites is 1. The molecule has 11 nitrogen and oxygen atoms in total.